The second-order valence-corrected chi connectivity index (χ2v) is 8.94. The molecule has 9 heteroatoms. The molecule has 1 amide bonds. The van der Waals surface area contributed by atoms with Crippen LogP contribution in [0.1, 0.15) is 35.6 Å². The van der Waals surface area contributed by atoms with Gasteiger partial charge in [-0.15, -0.1) is 10.2 Å². The molecule has 2 N–H and O–H groups in total. The summed E-state index contributed by atoms with van der Waals surface area (Å²) in [5.41, 5.74) is 3.43. The molecule has 5 rings (SSSR count). The number of aromatic hydroxyl groups is 1. The number of ether oxygens (including phenoxy) is 2. The summed E-state index contributed by atoms with van der Waals surface area (Å²) in [5.74, 6) is 0.963. The van der Waals surface area contributed by atoms with Crippen LogP contribution in [0.5, 0.6) is 11.5 Å². The molecule has 34 heavy (non-hydrogen) atoms. The van der Waals surface area contributed by atoms with Crippen molar-refractivity contribution >= 4 is 5.91 Å². The second-order valence-electron chi connectivity index (χ2n) is 8.94. The maximum absolute atomic E-state index is 13.0. The minimum Gasteiger partial charge on any atom is -0.507 e. The molecule has 3 heterocycles. The van der Waals surface area contributed by atoms with Gasteiger partial charge in [0.25, 0.3) is 5.91 Å². The molecule has 0 spiro atoms. The maximum atomic E-state index is 13.0. The minimum absolute atomic E-state index is 0.0362. The Morgan fingerprint density at radius 2 is 1.88 bits per heavy atom. The molecule has 178 valence electrons. The third-order valence-electron chi connectivity index (χ3n) is 6.04. The van der Waals surface area contributed by atoms with Crippen LogP contribution >= 0.6 is 0 Å². The highest BCUT2D eigenvalue weighted by Crippen LogP contribution is 2.38. The monoisotopic (exact) mass is 463 g/mol. The summed E-state index contributed by atoms with van der Waals surface area (Å²) < 4.78 is 12.7. The Labute approximate surface area is 198 Å². The van der Waals surface area contributed by atoms with E-state index in [4.69, 9.17) is 9.47 Å². The summed E-state index contributed by atoms with van der Waals surface area (Å²) in [6, 6.07) is 11.4. The first-order valence-electron chi connectivity index (χ1n) is 11.6. The number of rotatable bonds is 6. The fraction of sp³-hybridized carbons (Fsp3) is 0.400. The van der Waals surface area contributed by atoms with Crippen molar-refractivity contribution in [3.63, 3.8) is 0 Å². The zero-order valence-corrected chi connectivity index (χ0v) is 19.5. The number of benzene rings is 2. The van der Waals surface area contributed by atoms with E-state index in [0.29, 0.717) is 23.7 Å². The van der Waals surface area contributed by atoms with Crippen molar-refractivity contribution in [3.8, 4) is 28.6 Å². The van der Waals surface area contributed by atoms with Gasteiger partial charge in [0.15, 0.2) is 5.82 Å². The lowest BCUT2D eigenvalue weighted by Crippen LogP contribution is -2.35. The minimum atomic E-state index is -0.324. The first-order valence-corrected chi connectivity index (χ1v) is 11.6. The lowest BCUT2D eigenvalue weighted by Gasteiger charge is -2.26. The van der Waals surface area contributed by atoms with Crippen LogP contribution in [0.25, 0.3) is 17.1 Å². The number of carbonyl (C=O) groups is 1. The zero-order valence-electron chi connectivity index (χ0n) is 19.5. The molecule has 2 aliphatic rings. The lowest BCUT2D eigenvalue weighted by atomic mass is 10.1. The SMILES string of the molecule is CC(C)NC(=O)c1nnc(-c2cc3c(cc2O)OCC3)n1-c1ccc(CN2CCOCC2)cc1. The van der Waals surface area contributed by atoms with Crippen LogP contribution in [0.4, 0.5) is 0 Å². The molecule has 1 aromatic heterocycles. The number of nitrogens with zero attached hydrogens (tertiary/aromatic N) is 4. The van der Waals surface area contributed by atoms with Crippen LogP contribution < -0.4 is 10.1 Å². The number of amides is 1. The Balaban J connectivity index is 1.53. The number of hydrogen-bond donors (Lipinski definition) is 2. The van der Waals surface area contributed by atoms with Crippen molar-refractivity contribution in [2.24, 2.45) is 0 Å². The van der Waals surface area contributed by atoms with Crippen LogP contribution in [0.2, 0.25) is 0 Å². The topological polar surface area (TPSA) is 102 Å². The van der Waals surface area contributed by atoms with Gasteiger partial charge in [-0.25, -0.2) is 0 Å². The van der Waals surface area contributed by atoms with Crippen molar-refractivity contribution in [2.75, 3.05) is 32.9 Å². The predicted octanol–water partition coefficient (Wildman–Crippen LogP) is 2.55. The number of morpholine rings is 1. The quantitative estimate of drug-likeness (QED) is 0.579. The van der Waals surface area contributed by atoms with E-state index in [0.717, 1.165) is 50.5 Å². The third kappa shape index (κ3) is 4.49. The predicted molar refractivity (Wildman–Crippen MR) is 126 cm³/mol. The fourth-order valence-electron chi connectivity index (χ4n) is 4.34. The summed E-state index contributed by atoms with van der Waals surface area (Å²) in [7, 11) is 0. The van der Waals surface area contributed by atoms with Gasteiger partial charge in [0.2, 0.25) is 5.82 Å². The molecular formula is C25H29N5O4. The van der Waals surface area contributed by atoms with Crippen LogP contribution in [0.15, 0.2) is 36.4 Å². The molecule has 0 radical (unpaired) electrons. The summed E-state index contributed by atoms with van der Waals surface area (Å²) in [5, 5.41) is 22.2. The Morgan fingerprint density at radius 1 is 1.12 bits per heavy atom. The van der Waals surface area contributed by atoms with Gasteiger partial charge in [0, 0.05) is 43.9 Å². The van der Waals surface area contributed by atoms with Gasteiger partial charge in [-0.2, -0.15) is 0 Å². The van der Waals surface area contributed by atoms with E-state index in [1.807, 2.05) is 32.0 Å². The van der Waals surface area contributed by atoms with Crippen molar-refractivity contribution in [2.45, 2.75) is 32.9 Å². The van der Waals surface area contributed by atoms with Gasteiger partial charge in [-0.1, -0.05) is 12.1 Å². The molecule has 0 unspecified atom stereocenters. The molecule has 1 fully saturated rings. The van der Waals surface area contributed by atoms with Crippen LogP contribution in [0.3, 0.4) is 0 Å². The fourth-order valence-corrected chi connectivity index (χ4v) is 4.34. The summed E-state index contributed by atoms with van der Waals surface area (Å²) in [6.07, 6.45) is 0.758. The van der Waals surface area contributed by atoms with Gasteiger partial charge in [-0.3, -0.25) is 14.3 Å². The lowest BCUT2D eigenvalue weighted by molar-refractivity contribution is 0.0342. The standard InChI is InChI=1S/C25H29N5O4/c1-16(2)26-25(32)24-28-27-23(20-13-18-7-10-34-22(18)14-21(20)31)30(24)19-5-3-17(4-6-19)15-29-8-11-33-12-9-29/h3-6,13-14,16,31H,7-12,15H2,1-2H3,(H,26,32). The van der Waals surface area contributed by atoms with Crippen molar-refractivity contribution < 1.29 is 19.4 Å². The Hall–Kier alpha value is -3.43. The van der Waals surface area contributed by atoms with Crippen LogP contribution in [-0.2, 0) is 17.7 Å². The van der Waals surface area contributed by atoms with Gasteiger partial charge in [-0.05, 0) is 43.2 Å². The van der Waals surface area contributed by atoms with E-state index in [1.54, 1.807) is 10.6 Å². The van der Waals surface area contributed by atoms with E-state index >= 15 is 0 Å². The first-order chi connectivity index (χ1) is 16.5. The Kier molecular flexibility index (Phi) is 6.21. The highest BCUT2D eigenvalue weighted by atomic mass is 16.5. The van der Waals surface area contributed by atoms with E-state index in [2.05, 4.69) is 32.5 Å². The van der Waals surface area contributed by atoms with E-state index in [9.17, 15) is 9.90 Å². The van der Waals surface area contributed by atoms with Gasteiger partial charge in [0.05, 0.1) is 25.4 Å². The molecule has 0 saturated carbocycles. The number of phenols is 1. The van der Waals surface area contributed by atoms with Crippen LogP contribution in [0, 0.1) is 0 Å². The van der Waals surface area contributed by atoms with Gasteiger partial charge < -0.3 is 19.9 Å². The number of hydrogen-bond acceptors (Lipinski definition) is 7. The second kappa shape index (κ2) is 9.44. The maximum Gasteiger partial charge on any atom is 0.289 e. The summed E-state index contributed by atoms with van der Waals surface area (Å²) in [4.78, 5) is 15.3. The molecule has 2 aliphatic heterocycles. The number of carbonyl (C=O) groups excluding carboxylic acids is 1. The molecule has 0 atom stereocenters. The van der Waals surface area contributed by atoms with Crippen molar-refractivity contribution in [1.29, 1.82) is 0 Å². The van der Waals surface area contributed by atoms with E-state index < -0.39 is 0 Å². The molecule has 3 aromatic rings. The normalized spacial score (nSPS) is 15.9. The van der Waals surface area contributed by atoms with Gasteiger partial charge >= 0.3 is 0 Å². The smallest absolute Gasteiger partial charge is 0.289 e. The summed E-state index contributed by atoms with van der Waals surface area (Å²) >= 11 is 0. The first kappa shape index (κ1) is 22.4. The number of nitrogens with one attached hydrogen (secondary N) is 1. The van der Waals surface area contributed by atoms with Crippen molar-refractivity contribution in [1.82, 2.24) is 25.0 Å². The van der Waals surface area contributed by atoms with Crippen molar-refractivity contribution in [3.05, 3.63) is 53.3 Å². The summed E-state index contributed by atoms with van der Waals surface area (Å²) in [6.45, 7) is 8.55. The largest absolute Gasteiger partial charge is 0.507 e. The zero-order chi connectivity index (χ0) is 23.7. The molecular weight excluding hydrogens is 434 g/mol. The Bertz CT molecular complexity index is 1180. The Morgan fingerprint density at radius 3 is 2.62 bits per heavy atom. The average molecular weight is 464 g/mol. The van der Waals surface area contributed by atoms with E-state index in [1.165, 1.54) is 5.56 Å². The third-order valence-corrected chi connectivity index (χ3v) is 6.04. The molecule has 0 aliphatic carbocycles. The molecule has 9 nitrogen and oxygen atoms in total. The molecule has 0 bridgehead atoms. The molecule has 1 saturated heterocycles. The van der Waals surface area contributed by atoms with Gasteiger partial charge in [0.1, 0.15) is 11.5 Å². The number of fused-ring (bicyclic) bond motifs is 1. The molecule has 2 aromatic carbocycles. The highest BCUT2D eigenvalue weighted by Gasteiger charge is 2.25. The van der Waals surface area contributed by atoms with Crippen LogP contribution in [-0.4, -0.2) is 69.6 Å². The number of aromatic nitrogens is 3. The average Bonchev–Trinajstić information content (AvgIpc) is 3.46. The number of phenolic OH excluding ortho intramolecular Hbond substituents is 1. The van der Waals surface area contributed by atoms with E-state index in [-0.39, 0.29) is 23.5 Å². The highest BCUT2D eigenvalue weighted by molar-refractivity contribution is 5.92.